The molecule has 0 amide bonds. The van der Waals surface area contributed by atoms with Crippen LogP contribution in [0.5, 0.6) is 0 Å². The fourth-order valence-electron chi connectivity index (χ4n) is 1.68. The van der Waals surface area contributed by atoms with Crippen LogP contribution in [0.25, 0.3) is 9.75 Å². The van der Waals surface area contributed by atoms with Gasteiger partial charge in [-0.3, -0.25) is 4.79 Å². The molecule has 0 N–H and O–H groups in total. The molecular formula is C15H13ClO2S2. The van der Waals surface area contributed by atoms with Gasteiger partial charge >= 0.3 is 5.97 Å². The van der Waals surface area contributed by atoms with Gasteiger partial charge in [-0.1, -0.05) is 5.92 Å². The van der Waals surface area contributed by atoms with Gasteiger partial charge in [-0.05, 0) is 31.2 Å². The van der Waals surface area contributed by atoms with E-state index in [1.807, 2.05) is 25.1 Å². The second kappa shape index (κ2) is 6.94. The monoisotopic (exact) mass is 324 g/mol. The molecule has 0 radical (unpaired) electrons. The number of hydrogen-bond acceptors (Lipinski definition) is 4. The lowest BCUT2D eigenvalue weighted by Gasteiger charge is -2.11. The molecule has 0 saturated heterocycles. The van der Waals surface area contributed by atoms with Crippen molar-refractivity contribution < 1.29 is 9.53 Å². The molecule has 0 bridgehead atoms. The lowest BCUT2D eigenvalue weighted by molar-refractivity contribution is -0.145. The van der Waals surface area contributed by atoms with Gasteiger partial charge in [0.25, 0.3) is 0 Å². The molecule has 0 unspecified atom stereocenters. The van der Waals surface area contributed by atoms with E-state index in [1.54, 1.807) is 22.7 Å². The molecule has 0 spiro atoms. The summed E-state index contributed by atoms with van der Waals surface area (Å²) in [6, 6.07) is 8.06. The fraction of sp³-hybridized carbons (Fsp3) is 0.267. The van der Waals surface area contributed by atoms with Crippen molar-refractivity contribution in [3.63, 3.8) is 0 Å². The molecule has 2 heterocycles. The van der Waals surface area contributed by atoms with E-state index in [-0.39, 0.29) is 18.0 Å². The maximum atomic E-state index is 11.0. The van der Waals surface area contributed by atoms with Crippen molar-refractivity contribution in [3.05, 3.63) is 34.0 Å². The lowest BCUT2D eigenvalue weighted by Crippen LogP contribution is -2.08. The highest BCUT2D eigenvalue weighted by atomic mass is 35.5. The molecule has 1 atom stereocenters. The van der Waals surface area contributed by atoms with E-state index >= 15 is 0 Å². The number of esters is 1. The molecule has 0 fully saturated rings. The van der Waals surface area contributed by atoms with Crippen LogP contribution in [0.1, 0.15) is 29.7 Å². The standard InChI is InChI=1S/C15H13ClO2S2/c1-3-4-11-5-6-14(19-11)15-8-7-13(20-15)12(9-16)18-10(2)17/h5-8,12H,9H2,1-2H3/t12-/m0/s1. The zero-order valence-electron chi connectivity index (χ0n) is 11.1. The minimum atomic E-state index is -0.372. The Labute approximate surface area is 131 Å². The highest BCUT2D eigenvalue weighted by molar-refractivity contribution is 7.22. The maximum Gasteiger partial charge on any atom is 0.303 e. The molecule has 0 aliphatic heterocycles. The Morgan fingerprint density at radius 2 is 2.00 bits per heavy atom. The first-order valence-electron chi connectivity index (χ1n) is 6.00. The van der Waals surface area contributed by atoms with Gasteiger partial charge in [0.15, 0.2) is 0 Å². The summed E-state index contributed by atoms with van der Waals surface area (Å²) < 4.78 is 5.20. The molecule has 5 heteroatoms. The Balaban J connectivity index is 2.22. The summed E-state index contributed by atoms with van der Waals surface area (Å²) >= 11 is 9.11. The van der Waals surface area contributed by atoms with Gasteiger partial charge in [0.1, 0.15) is 6.10 Å². The third-order valence-corrected chi connectivity index (χ3v) is 5.14. The minimum absolute atomic E-state index is 0.260. The quantitative estimate of drug-likeness (QED) is 0.463. The zero-order valence-corrected chi connectivity index (χ0v) is 13.5. The van der Waals surface area contributed by atoms with Gasteiger partial charge in [-0.2, -0.15) is 0 Å². The van der Waals surface area contributed by atoms with E-state index in [2.05, 4.69) is 17.9 Å². The first-order chi connectivity index (χ1) is 9.63. The molecule has 104 valence electrons. The van der Waals surface area contributed by atoms with Crippen molar-refractivity contribution in [2.24, 2.45) is 0 Å². The molecule has 2 rings (SSSR count). The van der Waals surface area contributed by atoms with Crippen LogP contribution in [0.3, 0.4) is 0 Å². The van der Waals surface area contributed by atoms with Crippen molar-refractivity contribution in [3.8, 4) is 21.6 Å². The SMILES string of the molecule is CC#Cc1ccc(-c2ccc([C@H](CCl)OC(C)=O)s2)s1. The lowest BCUT2D eigenvalue weighted by atomic mass is 10.3. The van der Waals surface area contributed by atoms with Gasteiger partial charge in [-0.25, -0.2) is 0 Å². The van der Waals surface area contributed by atoms with Crippen molar-refractivity contribution >= 4 is 40.2 Å². The average Bonchev–Trinajstić information content (AvgIpc) is 3.04. The van der Waals surface area contributed by atoms with Crippen LogP contribution in [0.2, 0.25) is 0 Å². The number of hydrogen-bond donors (Lipinski definition) is 0. The summed E-state index contributed by atoms with van der Waals surface area (Å²) in [5, 5.41) is 0. The summed E-state index contributed by atoms with van der Waals surface area (Å²) in [6.07, 6.45) is -0.372. The largest absolute Gasteiger partial charge is 0.456 e. The number of ether oxygens (including phenoxy) is 1. The van der Waals surface area contributed by atoms with Crippen molar-refractivity contribution in [1.82, 2.24) is 0 Å². The van der Waals surface area contributed by atoms with E-state index < -0.39 is 0 Å². The van der Waals surface area contributed by atoms with Gasteiger partial charge in [0, 0.05) is 21.6 Å². The molecular weight excluding hydrogens is 312 g/mol. The smallest absolute Gasteiger partial charge is 0.303 e. The summed E-state index contributed by atoms with van der Waals surface area (Å²) in [7, 11) is 0. The topological polar surface area (TPSA) is 26.3 Å². The number of rotatable bonds is 4. The van der Waals surface area contributed by atoms with Crippen LogP contribution >= 0.6 is 34.3 Å². The van der Waals surface area contributed by atoms with Gasteiger partial charge in [-0.15, -0.1) is 40.2 Å². The Morgan fingerprint density at radius 1 is 1.30 bits per heavy atom. The second-order valence-electron chi connectivity index (χ2n) is 3.99. The average molecular weight is 325 g/mol. The van der Waals surface area contributed by atoms with E-state index in [1.165, 1.54) is 6.92 Å². The molecule has 0 aliphatic rings. The second-order valence-corrected chi connectivity index (χ2v) is 6.50. The Hall–Kier alpha value is -1.28. The van der Waals surface area contributed by atoms with Crippen LogP contribution < -0.4 is 0 Å². The molecule has 20 heavy (non-hydrogen) atoms. The summed E-state index contributed by atoms with van der Waals surface area (Å²) in [4.78, 5) is 15.4. The van der Waals surface area contributed by atoms with E-state index in [0.29, 0.717) is 0 Å². The van der Waals surface area contributed by atoms with E-state index in [4.69, 9.17) is 16.3 Å². The first kappa shape index (κ1) is 15.1. The number of thiophene rings is 2. The highest BCUT2D eigenvalue weighted by Crippen LogP contribution is 2.36. The molecule has 0 aliphatic carbocycles. The van der Waals surface area contributed by atoms with Gasteiger partial charge < -0.3 is 4.74 Å². The Kier molecular flexibility index (Phi) is 5.24. The van der Waals surface area contributed by atoms with Gasteiger partial charge in [0.05, 0.1) is 10.8 Å². The van der Waals surface area contributed by atoms with E-state index in [0.717, 1.165) is 19.5 Å². The molecule has 2 nitrogen and oxygen atoms in total. The molecule has 0 saturated carbocycles. The van der Waals surface area contributed by atoms with Gasteiger partial charge in [0.2, 0.25) is 0 Å². The van der Waals surface area contributed by atoms with Crippen LogP contribution in [-0.4, -0.2) is 11.8 Å². The number of carbonyl (C=O) groups is 1. The normalized spacial score (nSPS) is 11.6. The zero-order chi connectivity index (χ0) is 14.5. The Morgan fingerprint density at radius 3 is 2.65 bits per heavy atom. The fourth-order valence-corrected chi connectivity index (χ4v) is 4.04. The predicted molar refractivity (Wildman–Crippen MR) is 85.4 cm³/mol. The molecule has 0 aromatic carbocycles. The third kappa shape index (κ3) is 3.63. The van der Waals surface area contributed by atoms with Crippen LogP contribution in [0.15, 0.2) is 24.3 Å². The van der Waals surface area contributed by atoms with Crippen LogP contribution in [0.4, 0.5) is 0 Å². The third-order valence-electron chi connectivity index (χ3n) is 2.49. The summed E-state index contributed by atoms with van der Waals surface area (Å²) in [5.41, 5.74) is 0. The number of carbonyl (C=O) groups excluding carboxylic acids is 1. The predicted octanol–water partition coefficient (Wildman–Crippen LogP) is 4.69. The maximum absolute atomic E-state index is 11.0. The minimum Gasteiger partial charge on any atom is -0.456 e. The van der Waals surface area contributed by atoms with Crippen molar-refractivity contribution in [1.29, 1.82) is 0 Å². The van der Waals surface area contributed by atoms with Crippen LogP contribution in [0, 0.1) is 11.8 Å². The molecule has 2 aromatic rings. The van der Waals surface area contributed by atoms with E-state index in [9.17, 15) is 4.79 Å². The summed E-state index contributed by atoms with van der Waals surface area (Å²) in [6.45, 7) is 3.22. The highest BCUT2D eigenvalue weighted by Gasteiger charge is 2.16. The van der Waals surface area contributed by atoms with Crippen molar-refractivity contribution in [2.45, 2.75) is 20.0 Å². The first-order valence-corrected chi connectivity index (χ1v) is 8.16. The summed E-state index contributed by atoms with van der Waals surface area (Å²) in [5.74, 6) is 5.88. The van der Waals surface area contributed by atoms with Crippen molar-refractivity contribution in [2.75, 3.05) is 5.88 Å². The molecule has 2 aromatic heterocycles. The van der Waals surface area contributed by atoms with Crippen LogP contribution in [-0.2, 0) is 9.53 Å². The number of alkyl halides is 1. The Bertz CT molecular complexity index is 661. The number of halogens is 1.